The van der Waals surface area contributed by atoms with E-state index in [1.54, 1.807) is 13.3 Å². The molecule has 1 aromatic carbocycles. The fourth-order valence-corrected chi connectivity index (χ4v) is 2.65. The summed E-state index contributed by atoms with van der Waals surface area (Å²) in [6.45, 7) is 0. The predicted octanol–water partition coefficient (Wildman–Crippen LogP) is 3.80. The zero-order valence-corrected chi connectivity index (χ0v) is 12.5. The number of benzene rings is 1. The lowest BCUT2D eigenvalue weighted by molar-refractivity contribution is 0.383. The van der Waals surface area contributed by atoms with Crippen LogP contribution in [0.5, 0.6) is 5.88 Å². The standard InChI is InChI=1S/C16H15ClN2O2/c1-18-14(11-6-4-8-19-16(11)20-2)13-9-10-5-3-7-12(17)15(10)21-13/h3-9,14,18H,1-2H3. The summed E-state index contributed by atoms with van der Waals surface area (Å²) in [7, 11) is 3.47. The zero-order chi connectivity index (χ0) is 14.8. The van der Waals surface area contributed by atoms with Crippen LogP contribution in [0.25, 0.3) is 11.0 Å². The molecule has 3 rings (SSSR count). The van der Waals surface area contributed by atoms with Crippen LogP contribution in [0.1, 0.15) is 17.4 Å². The monoisotopic (exact) mass is 302 g/mol. The molecule has 0 saturated heterocycles. The number of rotatable bonds is 4. The van der Waals surface area contributed by atoms with Crippen LogP contribution < -0.4 is 10.1 Å². The first-order valence-corrected chi connectivity index (χ1v) is 6.96. The van der Waals surface area contributed by atoms with Crippen LogP contribution in [0.2, 0.25) is 5.02 Å². The van der Waals surface area contributed by atoms with Gasteiger partial charge >= 0.3 is 0 Å². The highest BCUT2D eigenvalue weighted by molar-refractivity contribution is 6.34. The van der Waals surface area contributed by atoms with Crippen molar-refractivity contribution in [3.05, 3.63) is 58.9 Å². The van der Waals surface area contributed by atoms with Crippen LogP contribution in [-0.2, 0) is 0 Å². The molecule has 1 N–H and O–H groups in total. The van der Waals surface area contributed by atoms with Gasteiger partial charge in [0.25, 0.3) is 0 Å². The lowest BCUT2D eigenvalue weighted by atomic mass is 10.1. The second-order valence-electron chi connectivity index (χ2n) is 4.63. The lowest BCUT2D eigenvalue weighted by Gasteiger charge is -2.16. The highest BCUT2D eigenvalue weighted by Crippen LogP contribution is 2.34. The average Bonchev–Trinajstić information content (AvgIpc) is 2.94. The summed E-state index contributed by atoms with van der Waals surface area (Å²) in [4.78, 5) is 4.23. The van der Waals surface area contributed by atoms with Gasteiger partial charge in [-0.3, -0.25) is 0 Å². The molecule has 0 bridgehead atoms. The summed E-state index contributed by atoms with van der Waals surface area (Å²) < 4.78 is 11.3. The maximum Gasteiger partial charge on any atom is 0.218 e. The second-order valence-corrected chi connectivity index (χ2v) is 5.04. The molecule has 4 nitrogen and oxygen atoms in total. The van der Waals surface area contributed by atoms with E-state index in [4.69, 9.17) is 20.8 Å². The molecular formula is C16H15ClN2O2. The number of halogens is 1. The first-order chi connectivity index (χ1) is 10.2. The molecule has 0 radical (unpaired) electrons. The quantitative estimate of drug-likeness (QED) is 0.796. The van der Waals surface area contributed by atoms with Gasteiger partial charge in [0.05, 0.1) is 18.2 Å². The molecule has 2 aromatic heterocycles. The minimum absolute atomic E-state index is 0.155. The predicted molar refractivity (Wildman–Crippen MR) is 82.9 cm³/mol. The van der Waals surface area contributed by atoms with Crippen molar-refractivity contribution < 1.29 is 9.15 Å². The maximum atomic E-state index is 6.17. The molecular weight excluding hydrogens is 288 g/mol. The summed E-state index contributed by atoms with van der Waals surface area (Å²) in [6.07, 6.45) is 1.70. The average molecular weight is 303 g/mol. The molecule has 0 aliphatic carbocycles. The van der Waals surface area contributed by atoms with E-state index in [1.807, 2.05) is 43.4 Å². The molecule has 2 heterocycles. The fraction of sp³-hybridized carbons (Fsp3) is 0.188. The molecule has 1 unspecified atom stereocenters. The number of ether oxygens (including phenoxy) is 1. The van der Waals surface area contributed by atoms with Crippen molar-refractivity contribution >= 4 is 22.6 Å². The van der Waals surface area contributed by atoms with Gasteiger partial charge < -0.3 is 14.5 Å². The van der Waals surface area contributed by atoms with Crippen molar-refractivity contribution in [2.24, 2.45) is 0 Å². The van der Waals surface area contributed by atoms with Crippen molar-refractivity contribution in [2.75, 3.05) is 14.2 Å². The summed E-state index contributed by atoms with van der Waals surface area (Å²) >= 11 is 6.17. The topological polar surface area (TPSA) is 47.3 Å². The Kier molecular flexibility index (Phi) is 3.82. The van der Waals surface area contributed by atoms with Crippen molar-refractivity contribution in [3.63, 3.8) is 0 Å². The van der Waals surface area contributed by atoms with Gasteiger partial charge in [-0.05, 0) is 25.2 Å². The van der Waals surface area contributed by atoms with E-state index in [0.29, 0.717) is 16.5 Å². The Balaban J connectivity index is 2.12. The molecule has 3 aromatic rings. The molecule has 0 spiro atoms. The van der Waals surface area contributed by atoms with E-state index < -0.39 is 0 Å². The number of nitrogens with zero attached hydrogens (tertiary/aromatic N) is 1. The van der Waals surface area contributed by atoms with E-state index in [-0.39, 0.29) is 6.04 Å². The number of para-hydroxylation sites is 1. The minimum atomic E-state index is -0.155. The molecule has 0 saturated carbocycles. The number of furan rings is 1. The van der Waals surface area contributed by atoms with E-state index in [9.17, 15) is 0 Å². The molecule has 0 fully saturated rings. The summed E-state index contributed by atoms with van der Waals surface area (Å²) in [6, 6.07) is 11.4. The zero-order valence-electron chi connectivity index (χ0n) is 11.8. The van der Waals surface area contributed by atoms with Crippen LogP contribution in [0.4, 0.5) is 0 Å². The molecule has 1 atom stereocenters. The Morgan fingerprint density at radius 1 is 1.29 bits per heavy atom. The van der Waals surface area contributed by atoms with E-state index in [2.05, 4.69) is 10.3 Å². The van der Waals surface area contributed by atoms with Crippen LogP contribution >= 0.6 is 11.6 Å². The Labute approximate surface area is 127 Å². The van der Waals surface area contributed by atoms with Gasteiger partial charge in [-0.1, -0.05) is 29.8 Å². The van der Waals surface area contributed by atoms with Gasteiger partial charge in [0.2, 0.25) is 5.88 Å². The molecule has 0 aliphatic heterocycles. The third kappa shape index (κ3) is 2.48. The number of fused-ring (bicyclic) bond motifs is 1. The van der Waals surface area contributed by atoms with E-state index in [1.165, 1.54) is 0 Å². The number of hydrogen-bond acceptors (Lipinski definition) is 4. The minimum Gasteiger partial charge on any atom is -0.481 e. The Morgan fingerprint density at radius 3 is 2.86 bits per heavy atom. The molecule has 0 aliphatic rings. The largest absolute Gasteiger partial charge is 0.481 e. The SMILES string of the molecule is CNC(c1cc2cccc(Cl)c2o1)c1cccnc1OC. The van der Waals surface area contributed by atoms with Crippen LogP contribution in [0.15, 0.2) is 47.0 Å². The second kappa shape index (κ2) is 5.76. The van der Waals surface area contributed by atoms with Gasteiger partial charge in [0, 0.05) is 17.1 Å². The number of pyridine rings is 1. The first kappa shape index (κ1) is 13.9. The van der Waals surface area contributed by atoms with Gasteiger partial charge in [0.1, 0.15) is 5.76 Å². The molecule has 0 amide bonds. The van der Waals surface area contributed by atoms with E-state index in [0.717, 1.165) is 16.7 Å². The Bertz CT molecular complexity index is 770. The number of methoxy groups -OCH3 is 1. The van der Waals surface area contributed by atoms with Gasteiger partial charge in [-0.2, -0.15) is 0 Å². The summed E-state index contributed by atoms with van der Waals surface area (Å²) in [5, 5.41) is 4.81. The lowest BCUT2D eigenvalue weighted by Crippen LogP contribution is -2.18. The molecule has 5 heteroatoms. The summed E-state index contributed by atoms with van der Waals surface area (Å²) in [5.74, 6) is 1.34. The first-order valence-electron chi connectivity index (χ1n) is 6.58. The fourth-order valence-electron chi connectivity index (χ4n) is 2.43. The molecule has 108 valence electrons. The van der Waals surface area contributed by atoms with Gasteiger partial charge in [-0.15, -0.1) is 0 Å². The van der Waals surface area contributed by atoms with Crippen molar-refractivity contribution in [3.8, 4) is 5.88 Å². The van der Waals surface area contributed by atoms with Crippen LogP contribution in [-0.4, -0.2) is 19.1 Å². The third-order valence-electron chi connectivity index (χ3n) is 3.39. The maximum absolute atomic E-state index is 6.17. The van der Waals surface area contributed by atoms with Crippen molar-refractivity contribution in [1.82, 2.24) is 10.3 Å². The highest BCUT2D eigenvalue weighted by atomic mass is 35.5. The van der Waals surface area contributed by atoms with Crippen molar-refractivity contribution in [1.29, 1.82) is 0 Å². The number of nitrogens with one attached hydrogen (secondary N) is 1. The molecule has 21 heavy (non-hydrogen) atoms. The normalized spacial score (nSPS) is 12.5. The van der Waals surface area contributed by atoms with Crippen LogP contribution in [0, 0.1) is 0 Å². The Hall–Kier alpha value is -2.04. The van der Waals surface area contributed by atoms with Crippen molar-refractivity contribution in [2.45, 2.75) is 6.04 Å². The van der Waals surface area contributed by atoms with E-state index >= 15 is 0 Å². The number of hydrogen-bond donors (Lipinski definition) is 1. The van der Waals surface area contributed by atoms with Crippen LogP contribution in [0.3, 0.4) is 0 Å². The van der Waals surface area contributed by atoms with Gasteiger partial charge in [0.15, 0.2) is 5.58 Å². The van der Waals surface area contributed by atoms with Gasteiger partial charge in [-0.25, -0.2) is 4.98 Å². The highest BCUT2D eigenvalue weighted by Gasteiger charge is 2.21. The Morgan fingerprint density at radius 2 is 2.14 bits per heavy atom. The third-order valence-corrected chi connectivity index (χ3v) is 3.69. The number of aromatic nitrogens is 1. The smallest absolute Gasteiger partial charge is 0.218 e. The summed E-state index contributed by atoms with van der Waals surface area (Å²) in [5.41, 5.74) is 1.61.